The Hall–Kier alpha value is -0.540. The summed E-state index contributed by atoms with van der Waals surface area (Å²) >= 11 is 1.83. The molecule has 1 fully saturated rings. The van der Waals surface area contributed by atoms with Crippen LogP contribution in [0.15, 0.2) is 22.5 Å². The van der Waals surface area contributed by atoms with Crippen LogP contribution in [0.4, 0.5) is 5.00 Å². The Morgan fingerprint density at radius 2 is 2.12 bits per heavy atom. The standard InChI is InChI=1S/C17H31N5S.HI/c1-4-18-17(19-10-13-21(3)5-2)20-15-8-11-22(12-9-15)16-7-6-14-23-16;/h6-7,14-15H,4-5,8-13H2,1-3H3,(H2,18,19,20);1H. The monoisotopic (exact) mass is 465 g/mol. The molecule has 1 aromatic heterocycles. The molecule has 24 heavy (non-hydrogen) atoms. The van der Waals surface area contributed by atoms with E-state index in [0.29, 0.717) is 6.04 Å². The summed E-state index contributed by atoms with van der Waals surface area (Å²) in [6.07, 6.45) is 2.33. The number of hydrogen-bond donors (Lipinski definition) is 2. The third-order valence-electron chi connectivity index (χ3n) is 4.29. The lowest BCUT2D eigenvalue weighted by Gasteiger charge is -2.33. The van der Waals surface area contributed by atoms with Gasteiger partial charge in [0.15, 0.2) is 5.96 Å². The molecule has 5 nitrogen and oxygen atoms in total. The van der Waals surface area contributed by atoms with Gasteiger partial charge in [-0.1, -0.05) is 6.92 Å². The molecule has 0 aromatic carbocycles. The van der Waals surface area contributed by atoms with Gasteiger partial charge in [0, 0.05) is 32.2 Å². The molecule has 2 heterocycles. The molecule has 1 aliphatic heterocycles. The molecule has 2 N–H and O–H groups in total. The number of anilines is 1. The van der Waals surface area contributed by atoms with Crippen LogP contribution in [0.25, 0.3) is 0 Å². The van der Waals surface area contributed by atoms with Gasteiger partial charge in [-0.05, 0) is 50.9 Å². The molecule has 0 unspecified atom stereocenters. The van der Waals surface area contributed by atoms with E-state index >= 15 is 0 Å². The van der Waals surface area contributed by atoms with E-state index in [1.165, 1.54) is 5.00 Å². The molecule has 138 valence electrons. The molecular weight excluding hydrogens is 433 g/mol. The van der Waals surface area contributed by atoms with Crippen LogP contribution >= 0.6 is 35.3 Å². The quantitative estimate of drug-likeness (QED) is 0.369. The highest BCUT2D eigenvalue weighted by molar-refractivity contribution is 14.0. The van der Waals surface area contributed by atoms with Gasteiger partial charge in [-0.15, -0.1) is 35.3 Å². The molecule has 0 spiro atoms. The van der Waals surface area contributed by atoms with E-state index in [1.54, 1.807) is 0 Å². The summed E-state index contributed by atoms with van der Waals surface area (Å²) in [4.78, 5) is 9.48. The Balaban J connectivity index is 0.00000288. The van der Waals surface area contributed by atoms with Gasteiger partial charge < -0.3 is 20.4 Å². The van der Waals surface area contributed by atoms with Crippen molar-refractivity contribution in [2.75, 3.05) is 51.2 Å². The van der Waals surface area contributed by atoms with E-state index in [-0.39, 0.29) is 24.0 Å². The molecule has 0 atom stereocenters. The van der Waals surface area contributed by atoms with Crippen molar-refractivity contribution in [3.05, 3.63) is 17.5 Å². The normalized spacial score (nSPS) is 16.2. The molecule has 1 saturated heterocycles. The average molecular weight is 465 g/mol. The Labute approximate surface area is 167 Å². The minimum Gasteiger partial charge on any atom is -0.363 e. The molecule has 1 aromatic rings. The van der Waals surface area contributed by atoms with Gasteiger partial charge in [-0.25, -0.2) is 0 Å². The van der Waals surface area contributed by atoms with E-state index in [9.17, 15) is 0 Å². The van der Waals surface area contributed by atoms with Gasteiger partial charge >= 0.3 is 0 Å². The van der Waals surface area contributed by atoms with Gasteiger partial charge in [0.1, 0.15) is 0 Å². The summed E-state index contributed by atoms with van der Waals surface area (Å²) in [6, 6.07) is 4.87. The average Bonchev–Trinajstić information content (AvgIpc) is 3.10. The maximum atomic E-state index is 4.71. The second kappa shape index (κ2) is 11.9. The predicted octanol–water partition coefficient (Wildman–Crippen LogP) is 2.84. The van der Waals surface area contributed by atoms with E-state index in [4.69, 9.17) is 4.99 Å². The zero-order chi connectivity index (χ0) is 16.5. The van der Waals surface area contributed by atoms with Crippen LogP contribution in [-0.2, 0) is 0 Å². The van der Waals surface area contributed by atoms with E-state index in [2.05, 4.69) is 58.8 Å². The predicted molar refractivity (Wildman–Crippen MR) is 117 cm³/mol. The van der Waals surface area contributed by atoms with Gasteiger partial charge in [-0.3, -0.25) is 4.99 Å². The number of aliphatic imine (C=N–C) groups is 1. The highest BCUT2D eigenvalue weighted by atomic mass is 127. The van der Waals surface area contributed by atoms with Crippen LogP contribution < -0.4 is 15.5 Å². The first-order valence-electron chi connectivity index (χ1n) is 8.74. The molecule has 0 amide bonds. The number of hydrogen-bond acceptors (Lipinski definition) is 4. The number of nitrogens with zero attached hydrogens (tertiary/aromatic N) is 3. The number of piperidine rings is 1. The van der Waals surface area contributed by atoms with Crippen molar-refractivity contribution in [1.82, 2.24) is 15.5 Å². The minimum absolute atomic E-state index is 0. The molecule has 7 heteroatoms. The molecule has 0 saturated carbocycles. The van der Waals surface area contributed by atoms with E-state index in [0.717, 1.165) is 58.1 Å². The fraction of sp³-hybridized carbons (Fsp3) is 0.706. The van der Waals surface area contributed by atoms with Crippen molar-refractivity contribution in [2.24, 2.45) is 4.99 Å². The van der Waals surface area contributed by atoms with Crippen LogP contribution in [0.3, 0.4) is 0 Å². The summed E-state index contributed by atoms with van der Waals surface area (Å²) in [5.74, 6) is 0.964. The topological polar surface area (TPSA) is 42.9 Å². The van der Waals surface area contributed by atoms with Crippen molar-refractivity contribution in [2.45, 2.75) is 32.7 Å². The third-order valence-corrected chi connectivity index (χ3v) is 5.22. The summed E-state index contributed by atoms with van der Waals surface area (Å²) < 4.78 is 0. The number of thiophene rings is 1. The molecule has 0 aliphatic carbocycles. The minimum atomic E-state index is 0. The first-order valence-corrected chi connectivity index (χ1v) is 9.62. The smallest absolute Gasteiger partial charge is 0.191 e. The lowest BCUT2D eigenvalue weighted by atomic mass is 10.1. The lowest BCUT2D eigenvalue weighted by molar-refractivity contribution is 0.363. The van der Waals surface area contributed by atoms with Crippen molar-refractivity contribution < 1.29 is 0 Å². The fourth-order valence-corrected chi connectivity index (χ4v) is 3.48. The van der Waals surface area contributed by atoms with Crippen LogP contribution in [0.5, 0.6) is 0 Å². The highest BCUT2D eigenvalue weighted by Gasteiger charge is 2.20. The number of nitrogens with one attached hydrogen (secondary N) is 2. The van der Waals surface area contributed by atoms with Gasteiger partial charge in [0.05, 0.1) is 11.5 Å². The first-order chi connectivity index (χ1) is 11.2. The lowest BCUT2D eigenvalue weighted by Crippen LogP contribution is -2.48. The van der Waals surface area contributed by atoms with Crippen LogP contribution in [0.2, 0.25) is 0 Å². The molecule has 1 aliphatic rings. The van der Waals surface area contributed by atoms with Gasteiger partial charge in [0.2, 0.25) is 0 Å². The SMILES string of the molecule is CCNC(=NCCN(C)CC)NC1CCN(c2cccs2)CC1.I. The number of halogens is 1. The Kier molecular flexibility index (Phi) is 10.7. The highest BCUT2D eigenvalue weighted by Crippen LogP contribution is 2.24. The second-order valence-electron chi connectivity index (χ2n) is 6.01. The summed E-state index contributed by atoms with van der Waals surface area (Å²) in [5, 5.41) is 10.5. The largest absolute Gasteiger partial charge is 0.363 e. The van der Waals surface area contributed by atoms with Crippen molar-refractivity contribution in [3.63, 3.8) is 0 Å². The first kappa shape index (κ1) is 21.5. The molecule has 0 bridgehead atoms. The van der Waals surface area contributed by atoms with E-state index in [1.807, 2.05) is 11.3 Å². The molecular formula is C17H32IN5S. The summed E-state index contributed by atoms with van der Waals surface area (Å²) in [5.41, 5.74) is 0. The maximum absolute atomic E-state index is 4.71. The number of rotatable bonds is 7. The maximum Gasteiger partial charge on any atom is 0.191 e. The van der Waals surface area contributed by atoms with Crippen LogP contribution in [0.1, 0.15) is 26.7 Å². The second-order valence-corrected chi connectivity index (χ2v) is 6.94. The summed E-state index contributed by atoms with van der Waals surface area (Å²) in [6.45, 7) is 10.4. The van der Waals surface area contributed by atoms with Crippen LogP contribution in [-0.4, -0.2) is 63.2 Å². The number of likely N-dealkylation sites (N-methyl/N-ethyl adjacent to an activating group) is 1. The van der Waals surface area contributed by atoms with E-state index < -0.39 is 0 Å². The van der Waals surface area contributed by atoms with Crippen molar-refractivity contribution >= 4 is 46.3 Å². The zero-order valence-electron chi connectivity index (χ0n) is 15.1. The molecule has 2 rings (SSSR count). The van der Waals surface area contributed by atoms with Crippen molar-refractivity contribution in [3.8, 4) is 0 Å². The van der Waals surface area contributed by atoms with Crippen molar-refractivity contribution in [1.29, 1.82) is 0 Å². The van der Waals surface area contributed by atoms with Crippen LogP contribution in [0, 0.1) is 0 Å². The van der Waals surface area contributed by atoms with Gasteiger partial charge in [0.25, 0.3) is 0 Å². The third kappa shape index (κ3) is 7.14. The number of guanidine groups is 1. The fourth-order valence-electron chi connectivity index (χ4n) is 2.70. The van der Waals surface area contributed by atoms with Gasteiger partial charge in [-0.2, -0.15) is 0 Å². The summed E-state index contributed by atoms with van der Waals surface area (Å²) in [7, 11) is 2.14. The zero-order valence-corrected chi connectivity index (χ0v) is 18.3. The Morgan fingerprint density at radius 3 is 2.71 bits per heavy atom. The Morgan fingerprint density at radius 1 is 1.38 bits per heavy atom. The Bertz CT molecular complexity index is 458. The molecule has 0 radical (unpaired) electrons.